The Morgan fingerprint density at radius 1 is 1.33 bits per heavy atom. The number of likely N-dealkylation sites (tertiary alicyclic amines) is 1. The average molecular weight is 356 g/mol. The van der Waals surface area contributed by atoms with Crippen molar-refractivity contribution in [2.24, 2.45) is 5.92 Å². The Bertz CT molecular complexity index is 690. The molecular weight excluding hydrogens is 332 g/mol. The van der Waals surface area contributed by atoms with E-state index in [1.54, 1.807) is 24.1 Å². The van der Waals surface area contributed by atoms with E-state index in [1.807, 2.05) is 6.92 Å². The molecule has 0 saturated carbocycles. The summed E-state index contributed by atoms with van der Waals surface area (Å²) < 4.78 is 37.7. The van der Waals surface area contributed by atoms with Gasteiger partial charge in [-0.25, -0.2) is 13.1 Å². The number of rotatable bonds is 8. The lowest BCUT2D eigenvalue weighted by Gasteiger charge is -2.16. The molecule has 1 aromatic carbocycles. The van der Waals surface area contributed by atoms with Crippen molar-refractivity contribution in [3.05, 3.63) is 23.8 Å². The van der Waals surface area contributed by atoms with E-state index >= 15 is 0 Å². The van der Waals surface area contributed by atoms with Gasteiger partial charge in [-0.05, 0) is 30.5 Å². The lowest BCUT2D eigenvalue weighted by Crippen LogP contribution is -2.32. The zero-order valence-electron chi connectivity index (χ0n) is 14.2. The third-order valence-corrected chi connectivity index (χ3v) is 5.49. The maximum atomic E-state index is 12.5. The van der Waals surface area contributed by atoms with Crippen LogP contribution in [0, 0.1) is 12.8 Å². The molecule has 8 heteroatoms. The highest BCUT2D eigenvalue weighted by atomic mass is 32.2. The van der Waals surface area contributed by atoms with E-state index in [4.69, 9.17) is 9.47 Å². The molecule has 1 atom stereocenters. The third-order valence-electron chi connectivity index (χ3n) is 4.03. The second-order valence-corrected chi connectivity index (χ2v) is 7.64. The van der Waals surface area contributed by atoms with Gasteiger partial charge in [0.15, 0.2) is 0 Å². The van der Waals surface area contributed by atoms with Gasteiger partial charge in [0.2, 0.25) is 15.9 Å². The number of hydrogen-bond donors (Lipinski definition) is 1. The number of carbonyl (C=O) groups excluding carboxylic acids is 1. The van der Waals surface area contributed by atoms with E-state index in [-0.39, 0.29) is 23.3 Å². The number of amides is 1. The summed E-state index contributed by atoms with van der Waals surface area (Å²) in [6.07, 6.45) is 0.345. The molecule has 1 aliphatic rings. The highest BCUT2D eigenvalue weighted by Crippen LogP contribution is 2.25. The fourth-order valence-electron chi connectivity index (χ4n) is 2.71. The van der Waals surface area contributed by atoms with Gasteiger partial charge in [-0.1, -0.05) is 6.07 Å². The molecule has 7 nitrogen and oxygen atoms in total. The molecule has 0 spiro atoms. The molecule has 24 heavy (non-hydrogen) atoms. The number of benzene rings is 1. The minimum absolute atomic E-state index is 0.0316. The van der Waals surface area contributed by atoms with E-state index in [9.17, 15) is 13.2 Å². The Labute approximate surface area is 143 Å². The van der Waals surface area contributed by atoms with Gasteiger partial charge < -0.3 is 14.4 Å². The van der Waals surface area contributed by atoms with Crippen molar-refractivity contribution in [2.75, 3.05) is 40.5 Å². The number of methoxy groups -OCH3 is 2. The standard InChI is InChI=1S/C16H24N2O5S/c1-12-4-5-15(14(8-12)23-3)24(20,21)17-10-13-9-16(19)18(11-13)6-7-22-2/h4-5,8,13,17H,6-7,9-11H2,1-3H3. The molecule has 0 aromatic heterocycles. The topological polar surface area (TPSA) is 84.9 Å². The summed E-state index contributed by atoms with van der Waals surface area (Å²) >= 11 is 0. The molecular formula is C16H24N2O5S. The van der Waals surface area contributed by atoms with Crippen molar-refractivity contribution >= 4 is 15.9 Å². The van der Waals surface area contributed by atoms with Gasteiger partial charge in [-0.3, -0.25) is 4.79 Å². The summed E-state index contributed by atoms with van der Waals surface area (Å²) in [4.78, 5) is 13.7. The molecule has 134 valence electrons. The minimum Gasteiger partial charge on any atom is -0.495 e. The van der Waals surface area contributed by atoms with Crippen molar-refractivity contribution in [1.29, 1.82) is 0 Å². The zero-order valence-corrected chi connectivity index (χ0v) is 15.1. The first-order valence-corrected chi connectivity index (χ1v) is 9.26. The fraction of sp³-hybridized carbons (Fsp3) is 0.562. The van der Waals surface area contributed by atoms with Crippen LogP contribution in [0.2, 0.25) is 0 Å². The molecule has 1 aliphatic heterocycles. The SMILES string of the molecule is COCCN1CC(CNS(=O)(=O)c2ccc(C)cc2OC)CC1=O. The second kappa shape index (κ2) is 7.96. The molecule has 1 saturated heterocycles. The number of aryl methyl sites for hydroxylation is 1. The van der Waals surface area contributed by atoms with Crippen LogP contribution in [0.25, 0.3) is 0 Å². The molecule has 2 rings (SSSR count). The smallest absolute Gasteiger partial charge is 0.244 e. The fourth-order valence-corrected chi connectivity index (χ4v) is 3.98. The van der Waals surface area contributed by atoms with E-state index in [0.29, 0.717) is 31.9 Å². The predicted molar refractivity (Wildman–Crippen MR) is 89.5 cm³/mol. The van der Waals surface area contributed by atoms with Crippen LogP contribution in [0.5, 0.6) is 5.75 Å². The summed E-state index contributed by atoms with van der Waals surface area (Å²) in [5.74, 6) is 0.302. The normalized spacial score (nSPS) is 18.2. The Morgan fingerprint density at radius 2 is 2.08 bits per heavy atom. The van der Waals surface area contributed by atoms with Crippen LogP contribution < -0.4 is 9.46 Å². The molecule has 0 aliphatic carbocycles. The molecule has 1 aromatic rings. The highest BCUT2D eigenvalue weighted by molar-refractivity contribution is 7.89. The molecule has 0 radical (unpaired) electrons. The summed E-state index contributed by atoms with van der Waals surface area (Å²) in [7, 11) is -0.663. The number of nitrogens with one attached hydrogen (secondary N) is 1. The second-order valence-electron chi connectivity index (χ2n) is 5.91. The highest BCUT2D eigenvalue weighted by Gasteiger charge is 2.30. The average Bonchev–Trinajstić information content (AvgIpc) is 2.90. The Hall–Kier alpha value is -1.64. The van der Waals surface area contributed by atoms with Crippen molar-refractivity contribution in [3.63, 3.8) is 0 Å². The van der Waals surface area contributed by atoms with Crippen molar-refractivity contribution in [2.45, 2.75) is 18.2 Å². The Balaban J connectivity index is 2.00. The van der Waals surface area contributed by atoms with Crippen LogP contribution >= 0.6 is 0 Å². The quantitative estimate of drug-likeness (QED) is 0.744. The Morgan fingerprint density at radius 3 is 2.75 bits per heavy atom. The van der Waals surface area contributed by atoms with Crippen molar-refractivity contribution in [3.8, 4) is 5.75 Å². The van der Waals surface area contributed by atoms with Gasteiger partial charge in [0.05, 0.1) is 13.7 Å². The lowest BCUT2D eigenvalue weighted by atomic mass is 10.1. The number of carbonyl (C=O) groups is 1. The molecule has 0 bridgehead atoms. The largest absolute Gasteiger partial charge is 0.495 e. The van der Waals surface area contributed by atoms with Gasteiger partial charge >= 0.3 is 0 Å². The number of hydrogen-bond acceptors (Lipinski definition) is 5. The number of nitrogens with zero attached hydrogens (tertiary/aromatic N) is 1. The first-order valence-electron chi connectivity index (χ1n) is 7.78. The first-order chi connectivity index (χ1) is 11.4. The summed E-state index contributed by atoms with van der Waals surface area (Å²) in [6, 6.07) is 4.93. The number of ether oxygens (including phenoxy) is 2. The maximum absolute atomic E-state index is 12.5. The van der Waals surface area contributed by atoms with E-state index < -0.39 is 10.0 Å². The van der Waals surface area contributed by atoms with Crippen molar-refractivity contribution < 1.29 is 22.7 Å². The molecule has 1 unspecified atom stereocenters. The predicted octanol–water partition coefficient (Wildman–Crippen LogP) is 0.777. The molecule has 1 heterocycles. The van der Waals surface area contributed by atoms with Crippen LogP contribution in [-0.4, -0.2) is 59.7 Å². The zero-order chi connectivity index (χ0) is 17.7. The summed E-state index contributed by atoms with van der Waals surface area (Å²) in [6.45, 7) is 3.63. The van der Waals surface area contributed by atoms with E-state index in [0.717, 1.165) is 5.56 Å². The first kappa shape index (κ1) is 18.7. The summed E-state index contributed by atoms with van der Waals surface area (Å²) in [5.41, 5.74) is 0.918. The van der Waals surface area contributed by atoms with E-state index in [1.165, 1.54) is 13.2 Å². The lowest BCUT2D eigenvalue weighted by molar-refractivity contribution is -0.128. The van der Waals surface area contributed by atoms with Gasteiger partial charge in [-0.15, -0.1) is 0 Å². The van der Waals surface area contributed by atoms with Crippen LogP contribution in [0.15, 0.2) is 23.1 Å². The molecule has 1 N–H and O–H groups in total. The maximum Gasteiger partial charge on any atom is 0.244 e. The van der Waals surface area contributed by atoms with Gasteiger partial charge in [0, 0.05) is 33.2 Å². The van der Waals surface area contributed by atoms with Crippen LogP contribution in [-0.2, 0) is 19.6 Å². The molecule has 1 amide bonds. The van der Waals surface area contributed by atoms with Crippen LogP contribution in [0.1, 0.15) is 12.0 Å². The third kappa shape index (κ3) is 4.46. The van der Waals surface area contributed by atoms with Gasteiger partial charge in [-0.2, -0.15) is 0 Å². The monoisotopic (exact) mass is 356 g/mol. The number of sulfonamides is 1. The van der Waals surface area contributed by atoms with Gasteiger partial charge in [0.25, 0.3) is 0 Å². The van der Waals surface area contributed by atoms with Crippen LogP contribution in [0.3, 0.4) is 0 Å². The molecule has 1 fully saturated rings. The van der Waals surface area contributed by atoms with Crippen LogP contribution in [0.4, 0.5) is 0 Å². The minimum atomic E-state index is -3.69. The van der Waals surface area contributed by atoms with Crippen molar-refractivity contribution in [1.82, 2.24) is 9.62 Å². The van der Waals surface area contributed by atoms with Gasteiger partial charge in [0.1, 0.15) is 10.6 Å². The summed E-state index contributed by atoms with van der Waals surface area (Å²) in [5, 5.41) is 0. The van der Waals surface area contributed by atoms with E-state index in [2.05, 4.69) is 4.72 Å². The Kier molecular flexibility index (Phi) is 6.20.